The average Bonchev–Trinajstić information content (AvgIpc) is 2.39. The third-order valence-electron chi connectivity index (χ3n) is 2.66. The molecule has 0 radical (unpaired) electrons. The molecule has 0 aliphatic carbocycles. The third-order valence-corrected chi connectivity index (χ3v) is 2.66. The maximum atomic E-state index is 11.3. The van der Waals surface area contributed by atoms with E-state index in [0.29, 0.717) is 17.7 Å². The van der Waals surface area contributed by atoms with Crippen LogP contribution in [0.1, 0.15) is 21.6 Å². The van der Waals surface area contributed by atoms with E-state index >= 15 is 0 Å². The number of carbonyl (C=O) groups is 1. The van der Waals surface area contributed by atoms with Crippen LogP contribution in [-0.2, 0) is 6.42 Å². The SMILES string of the molecule is COc1cccc(Cc2ncccc2C(N)=O)c1. The predicted octanol–water partition coefficient (Wildman–Crippen LogP) is 1.78. The van der Waals surface area contributed by atoms with Crippen LogP contribution in [0.2, 0.25) is 0 Å². The first-order valence-electron chi connectivity index (χ1n) is 5.57. The van der Waals surface area contributed by atoms with Crippen LogP contribution in [0.3, 0.4) is 0 Å². The Balaban J connectivity index is 2.31. The van der Waals surface area contributed by atoms with Gasteiger partial charge in [-0.05, 0) is 29.8 Å². The summed E-state index contributed by atoms with van der Waals surface area (Å²) in [4.78, 5) is 15.5. The third kappa shape index (κ3) is 2.66. The number of primary amides is 1. The van der Waals surface area contributed by atoms with Crippen LogP contribution in [-0.4, -0.2) is 18.0 Å². The second-order valence-electron chi connectivity index (χ2n) is 3.89. The number of benzene rings is 1. The van der Waals surface area contributed by atoms with E-state index in [9.17, 15) is 4.79 Å². The summed E-state index contributed by atoms with van der Waals surface area (Å²) in [6.07, 6.45) is 2.21. The lowest BCUT2D eigenvalue weighted by molar-refractivity contribution is 0.0999. The summed E-state index contributed by atoms with van der Waals surface area (Å²) in [7, 11) is 1.62. The zero-order chi connectivity index (χ0) is 13.0. The molecule has 0 aliphatic rings. The van der Waals surface area contributed by atoms with Crippen LogP contribution >= 0.6 is 0 Å². The Bertz CT molecular complexity index is 567. The standard InChI is InChI=1S/C14H14N2O2/c1-18-11-5-2-4-10(8-11)9-13-12(14(15)17)6-3-7-16-13/h2-8H,9H2,1H3,(H2,15,17). The fraction of sp³-hybridized carbons (Fsp3) is 0.143. The highest BCUT2D eigenvalue weighted by molar-refractivity contribution is 5.93. The van der Waals surface area contributed by atoms with E-state index in [-0.39, 0.29) is 0 Å². The largest absolute Gasteiger partial charge is 0.497 e. The normalized spacial score (nSPS) is 10.1. The van der Waals surface area contributed by atoms with Crippen molar-refractivity contribution < 1.29 is 9.53 Å². The molecule has 2 aromatic rings. The van der Waals surface area contributed by atoms with Gasteiger partial charge in [0, 0.05) is 12.6 Å². The van der Waals surface area contributed by atoms with Gasteiger partial charge in [0.25, 0.3) is 5.91 Å². The van der Waals surface area contributed by atoms with E-state index in [1.807, 2.05) is 24.3 Å². The number of amides is 1. The van der Waals surface area contributed by atoms with E-state index in [0.717, 1.165) is 11.3 Å². The van der Waals surface area contributed by atoms with Gasteiger partial charge >= 0.3 is 0 Å². The molecule has 4 heteroatoms. The number of hydrogen-bond donors (Lipinski definition) is 1. The minimum Gasteiger partial charge on any atom is -0.497 e. The Labute approximate surface area is 105 Å². The van der Waals surface area contributed by atoms with Gasteiger partial charge in [0.2, 0.25) is 0 Å². The van der Waals surface area contributed by atoms with Crippen molar-refractivity contribution in [3.8, 4) is 5.75 Å². The van der Waals surface area contributed by atoms with E-state index in [1.165, 1.54) is 0 Å². The van der Waals surface area contributed by atoms with Gasteiger partial charge in [0.15, 0.2) is 0 Å². The Morgan fingerprint density at radius 1 is 1.33 bits per heavy atom. The minimum absolute atomic E-state index is 0.457. The topological polar surface area (TPSA) is 65.2 Å². The molecular weight excluding hydrogens is 228 g/mol. The van der Waals surface area contributed by atoms with Crippen molar-refractivity contribution in [1.82, 2.24) is 4.98 Å². The lowest BCUT2D eigenvalue weighted by atomic mass is 10.0. The van der Waals surface area contributed by atoms with Gasteiger partial charge in [0.05, 0.1) is 18.4 Å². The maximum absolute atomic E-state index is 11.3. The molecule has 92 valence electrons. The molecule has 0 aliphatic heterocycles. The van der Waals surface area contributed by atoms with Gasteiger partial charge in [-0.2, -0.15) is 0 Å². The molecule has 0 fully saturated rings. The lowest BCUT2D eigenvalue weighted by Crippen LogP contribution is -2.14. The highest BCUT2D eigenvalue weighted by Gasteiger charge is 2.09. The van der Waals surface area contributed by atoms with Crippen molar-refractivity contribution in [2.24, 2.45) is 5.73 Å². The van der Waals surface area contributed by atoms with Crippen LogP contribution in [0.15, 0.2) is 42.6 Å². The molecule has 0 saturated carbocycles. The van der Waals surface area contributed by atoms with Gasteiger partial charge < -0.3 is 10.5 Å². The van der Waals surface area contributed by atoms with Gasteiger partial charge in [-0.25, -0.2) is 0 Å². The lowest BCUT2D eigenvalue weighted by Gasteiger charge is -2.07. The second-order valence-corrected chi connectivity index (χ2v) is 3.89. The van der Waals surface area contributed by atoms with Crippen LogP contribution in [0.25, 0.3) is 0 Å². The van der Waals surface area contributed by atoms with Crippen molar-refractivity contribution >= 4 is 5.91 Å². The van der Waals surface area contributed by atoms with Crippen molar-refractivity contribution in [1.29, 1.82) is 0 Å². The number of aromatic nitrogens is 1. The highest BCUT2D eigenvalue weighted by atomic mass is 16.5. The molecule has 1 aromatic heterocycles. The summed E-state index contributed by atoms with van der Waals surface area (Å²) >= 11 is 0. The number of hydrogen-bond acceptors (Lipinski definition) is 3. The van der Waals surface area contributed by atoms with E-state index < -0.39 is 5.91 Å². The summed E-state index contributed by atoms with van der Waals surface area (Å²) in [5.41, 5.74) is 7.48. The number of nitrogens with zero attached hydrogens (tertiary/aromatic N) is 1. The molecule has 18 heavy (non-hydrogen) atoms. The highest BCUT2D eigenvalue weighted by Crippen LogP contribution is 2.16. The second kappa shape index (κ2) is 5.31. The molecule has 0 spiro atoms. The number of carbonyl (C=O) groups excluding carboxylic acids is 1. The van der Waals surface area contributed by atoms with Crippen molar-refractivity contribution in [2.75, 3.05) is 7.11 Å². The Hall–Kier alpha value is -2.36. The van der Waals surface area contributed by atoms with E-state index in [4.69, 9.17) is 10.5 Å². The average molecular weight is 242 g/mol. The molecule has 0 unspecified atom stereocenters. The smallest absolute Gasteiger partial charge is 0.250 e. The van der Waals surface area contributed by atoms with Crippen molar-refractivity contribution in [3.63, 3.8) is 0 Å². The Kier molecular flexibility index (Phi) is 3.57. The van der Waals surface area contributed by atoms with Gasteiger partial charge in [-0.3, -0.25) is 9.78 Å². The van der Waals surface area contributed by atoms with E-state index in [2.05, 4.69) is 4.98 Å². The first kappa shape index (κ1) is 12.1. The Morgan fingerprint density at radius 3 is 2.89 bits per heavy atom. The molecule has 4 nitrogen and oxygen atoms in total. The summed E-state index contributed by atoms with van der Waals surface area (Å²) in [6.45, 7) is 0. The van der Waals surface area contributed by atoms with Crippen LogP contribution in [0.4, 0.5) is 0 Å². The number of rotatable bonds is 4. The predicted molar refractivity (Wildman–Crippen MR) is 68.6 cm³/mol. The number of pyridine rings is 1. The number of ether oxygens (including phenoxy) is 1. The zero-order valence-corrected chi connectivity index (χ0v) is 10.1. The maximum Gasteiger partial charge on any atom is 0.250 e. The molecule has 0 atom stereocenters. The summed E-state index contributed by atoms with van der Waals surface area (Å²) < 4.78 is 5.16. The van der Waals surface area contributed by atoms with Crippen molar-refractivity contribution in [2.45, 2.75) is 6.42 Å². The molecule has 2 rings (SSSR count). The van der Waals surface area contributed by atoms with Crippen LogP contribution < -0.4 is 10.5 Å². The fourth-order valence-corrected chi connectivity index (χ4v) is 1.78. The van der Waals surface area contributed by atoms with E-state index in [1.54, 1.807) is 25.4 Å². The minimum atomic E-state index is -0.457. The summed E-state index contributed by atoms with van der Waals surface area (Å²) in [5, 5.41) is 0. The molecule has 2 N–H and O–H groups in total. The summed E-state index contributed by atoms with van der Waals surface area (Å²) in [6, 6.07) is 11.0. The fourth-order valence-electron chi connectivity index (χ4n) is 1.78. The first-order chi connectivity index (χ1) is 8.70. The monoisotopic (exact) mass is 242 g/mol. The zero-order valence-electron chi connectivity index (χ0n) is 10.1. The summed E-state index contributed by atoms with van der Waals surface area (Å²) in [5.74, 6) is 0.324. The molecule has 0 saturated heterocycles. The molecule has 1 aromatic carbocycles. The van der Waals surface area contributed by atoms with Crippen molar-refractivity contribution in [3.05, 3.63) is 59.4 Å². The quantitative estimate of drug-likeness (QED) is 0.888. The number of nitrogens with two attached hydrogens (primary N) is 1. The first-order valence-corrected chi connectivity index (χ1v) is 5.57. The number of methoxy groups -OCH3 is 1. The molecule has 1 amide bonds. The van der Waals surface area contributed by atoms with Gasteiger partial charge in [-0.1, -0.05) is 12.1 Å². The Morgan fingerprint density at radius 2 is 2.17 bits per heavy atom. The van der Waals surface area contributed by atoms with Gasteiger partial charge in [-0.15, -0.1) is 0 Å². The molecule has 1 heterocycles. The molecular formula is C14H14N2O2. The van der Waals surface area contributed by atoms with Gasteiger partial charge in [0.1, 0.15) is 5.75 Å². The van der Waals surface area contributed by atoms with Crippen LogP contribution in [0, 0.1) is 0 Å². The van der Waals surface area contributed by atoms with Crippen LogP contribution in [0.5, 0.6) is 5.75 Å². The molecule has 0 bridgehead atoms.